The SMILES string of the molecule is Cn1cccc(C(=O)N2CCC[C@@H]2C(=O)O)c1=O. The molecular weight excluding hydrogens is 236 g/mol. The lowest BCUT2D eigenvalue weighted by Gasteiger charge is -2.21. The molecule has 1 atom stereocenters. The second-order valence-corrected chi connectivity index (χ2v) is 4.33. The van der Waals surface area contributed by atoms with Crippen LogP contribution in [0.5, 0.6) is 0 Å². The summed E-state index contributed by atoms with van der Waals surface area (Å²) in [7, 11) is 1.55. The summed E-state index contributed by atoms with van der Waals surface area (Å²) in [5.41, 5.74) is -0.383. The van der Waals surface area contributed by atoms with Crippen LogP contribution in [0.15, 0.2) is 23.1 Å². The van der Waals surface area contributed by atoms with Crippen LogP contribution >= 0.6 is 0 Å². The molecule has 6 nitrogen and oxygen atoms in total. The molecule has 2 rings (SSSR count). The van der Waals surface area contributed by atoms with Gasteiger partial charge in [-0.3, -0.25) is 9.59 Å². The number of carbonyl (C=O) groups is 2. The maximum Gasteiger partial charge on any atom is 0.326 e. The van der Waals surface area contributed by atoms with E-state index in [0.29, 0.717) is 19.4 Å². The van der Waals surface area contributed by atoms with Gasteiger partial charge in [0.25, 0.3) is 11.5 Å². The van der Waals surface area contributed by atoms with Gasteiger partial charge in [-0.1, -0.05) is 0 Å². The first-order valence-corrected chi connectivity index (χ1v) is 5.72. The largest absolute Gasteiger partial charge is 0.480 e. The number of carboxylic acids is 1. The lowest BCUT2D eigenvalue weighted by Crippen LogP contribution is -2.42. The zero-order valence-electron chi connectivity index (χ0n) is 10.00. The van der Waals surface area contributed by atoms with Gasteiger partial charge >= 0.3 is 5.97 Å². The van der Waals surface area contributed by atoms with E-state index >= 15 is 0 Å². The summed E-state index contributed by atoms with van der Waals surface area (Å²) in [5, 5.41) is 9.03. The first-order valence-electron chi connectivity index (χ1n) is 5.72. The van der Waals surface area contributed by atoms with Gasteiger partial charge in [-0.05, 0) is 25.0 Å². The predicted octanol–water partition coefficient (Wildman–Crippen LogP) is 0.0745. The molecule has 1 amide bonds. The molecule has 0 saturated carbocycles. The van der Waals surface area contributed by atoms with Crippen molar-refractivity contribution < 1.29 is 14.7 Å². The van der Waals surface area contributed by atoms with Crippen molar-refractivity contribution in [3.8, 4) is 0 Å². The first-order chi connectivity index (χ1) is 8.52. The summed E-state index contributed by atoms with van der Waals surface area (Å²) in [5.74, 6) is -1.52. The van der Waals surface area contributed by atoms with E-state index in [9.17, 15) is 14.4 Å². The van der Waals surface area contributed by atoms with E-state index in [-0.39, 0.29) is 5.56 Å². The average Bonchev–Trinajstić information content (AvgIpc) is 2.81. The molecule has 0 radical (unpaired) electrons. The van der Waals surface area contributed by atoms with E-state index in [1.54, 1.807) is 19.3 Å². The molecule has 1 aromatic rings. The van der Waals surface area contributed by atoms with Gasteiger partial charge in [0.2, 0.25) is 0 Å². The molecule has 1 aliphatic rings. The molecule has 2 heterocycles. The van der Waals surface area contributed by atoms with Crippen LogP contribution < -0.4 is 5.56 Å². The van der Waals surface area contributed by atoms with Crippen LogP contribution in [0.25, 0.3) is 0 Å². The number of pyridine rings is 1. The Hall–Kier alpha value is -2.11. The zero-order valence-corrected chi connectivity index (χ0v) is 10.00. The molecule has 1 N–H and O–H groups in total. The normalized spacial score (nSPS) is 18.9. The van der Waals surface area contributed by atoms with Crippen molar-refractivity contribution in [1.29, 1.82) is 0 Å². The third kappa shape index (κ3) is 2.01. The number of aliphatic carboxylic acids is 1. The van der Waals surface area contributed by atoms with E-state index in [1.807, 2.05) is 0 Å². The number of amides is 1. The van der Waals surface area contributed by atoms with Gasteiger partial charge in [0.1, 0.15) is 11.6 Å². The van der Waals surface area contributed by atoms with Crippen LogP contribution in [0.1, 0.15) is 23.2 Å². The molecule has 0 aliphatic carbocycles. The van der Waals surface area contributed by atoms with E-state index in [2.05, 4.69) is 0 Å². The minimum Gasteiger partial charge on any atom is -0.480 e. The van der Waals surface area contributed by atoms with Crippen LogP contribution in [0.4, 0.5) is 0 Å². The van der Waals surface area contributed by atoms with E-state index in [4.69, 9.17) is 5.11 Å². The Bertz CT molecular complexity index is 549. The third-order valence-electron chi connectivity index (χ3n) is 3.15. The van der Waals surface area contributed by atoms with Gasteiger partial charge in [0, 0.05) is 19.8 Å². The maximum atomic E-state index is 12.2. The number of carbonyl (C=O) groups excluding carboxylic acids is 1. The summed E-state index contributed by atoms with van der Waals surface area (Å²) >= 11 is 0. The van der Waals surface area contributed by atoms with E-state index in [0.717, 1.165) is 0 Å². The Morgan fingerprint density at radius 2 is 2.17 bits per heavy atom. The fourth-order valence-electron chi connectivity index (χ4n) is 2.18. The Labute approximate surface area is 103 Å². The van der Waals surface area contributed by atoms with E-state index < -0.39 is 23.5 Å². The number of nitrogens with zero attached hydrogens (tertiary/aromatic N) is 2. The molecule has 1 fully saturated rings. The second-order valence-electron chi connectivity index (χ2n) is 4.33. The molecule has 18 heavy (non-hydrogen) atoms. The van der Waals surface area contributed by atoms with Crippen molar-refractivity contribution in [2.24, 2.45) is 7.05 Å². The van der Waals surface area contributed by atoms with Crippen LogP contribution in [0.2, 0.25) is 0 Å². The third-order valence-corrected chi connectivity index (χ3v) is 3.15. The molecule has 0 unspecified atom stereocenters. The fraction of sp³-hybridized carbons (Fsp3) is 0.417. The number of rotatable bonds is 2. The Kier molecular flexibility index (Phi) is 3.18. The quantitative estimate of drug-likeness (QED) is 0.805. The van der Waals surface area contributed by atoms with Gasteiger partial charge in [0.15, 0.2) is 0 Å². The Morgan fingerprint density at radius 1 is 1.44 bits per heavy atom. The topological polar surface area (TPSA) is 79.6 Å². The summed E-state index contributed by atoms with van der Waals surface area (Å²) in [6.45, 7) is 0.383. The standard InChI is InChI=1S/C12H14N2O4/c1-13-6-2-4-8(10(13)15)11(16)14-7-3-5-9(14)12(17)18/h2,4,6,9H,3,5,7H2,1H3,(H,17,18)/t9-/m1/s1. The Morgan fingerprint density at radius 3 is 2.83 bits per heavy atom. The molecule has 0 bridgehead atoms. The number of aromatic nitrogens is 1. The van der Waals surface area contributed by atoms with Gasteiger partial charge in [-0.25, -0.2) is 4.79 Å². The highest BCUT2D eigenvalue weighted by Crippen LogP contribution is 2.19. The monoisotopic (exact) mass is 250 g/mol. The van der Waals surface area contributed by atoms with Crippen LogP contribution in [0.3, 0.4) is 0 Å². The number of carboxylic acid groups (broad SMARTS) is 1. The molecular formula is C12H14N2O4. The minimum atomic E-state index is -1.02. The summed E-state index contributed by atoms with van der Waals surface area (Å²) in [4.78, 5) is 36.3. The smallest absolute Gasteiger partial charge is 0.326 e. The second kappa shape index (κ2) is 4.64. The molecule has 0 spiro atoms. The first kappa shape index (κ1) is 12.3. The lowest BCUT2D eigenvalue weighted by molar-refractivity contribution is -0.141. The van der Waals surface area contributed by atoms with Crippen molar-refractivity contribution >= 4 is 11.9 Å². The molecule has 1 aliphatic heterocycles. The highest BCUT2D eigenvalue weighted by Gasteiger charge is 2.35. The highest BCUT2D eigenvalue weighted by molar-refractivity contribution is 5.96. The van der Waals surface area contributed by atoms with Crippen molar-refractivity contribution in [3.63, 3.8) is 0 Å². The van der Waals surface area contributed by atoms with Gasteiger partial charge in [0.05, 0.1) is 0 Å². The molecule has 0 aromatic carbocycles. The van der Waals surface area contributed by atoms with Gasteiger partial charge in [-0.2, -0.15) is 0 Å². The minimum absolute atomic E-state index is 0.0214. The fourth-order valence-corrected chi connectivity index (χ4v) is 2.18. The molecule has 6 heteroatoms. The number of aryl methyl sites for hydroxylation is 1. The highest BCUT2D eigenvalue weighted by atomic mass is 16.4. The van der Waals surface area contributed by atoms with Crippen molar-refractivity contribution in [2.45, 2.75) is 18.9 Å². The number of hydrogen-bond donors (Lipinski definition) is 1. The number of likely N-dealkylation sites (tertiary alicyclic amines) is 1. The van der Waals surface area contributed by atoms with Crippen molar-refractivity contribution in [2.75, 3.05) is 6.54 Å². The molecule has 1 aromatic heterocycles. The van der Waals surface area contributed by atoms with Gasteiger partial charge in [-0.15, -0.1) is 0 Å². The lowest BCUT2D eigenvalue weighted by atomic mass is 10.2. The van der Waals surface area contributed by atoms with Crippen LogP contribution in [-0.2, 0) is 11.8 Å². The predicted molar refractivity (Wildman–Crippen MR) is 63.4 cm³/mol. The zero-order chi connectivity index (χ0) is 13.3. The van der Waals surface area contributed by atoms with Crippen LogP contribution in [-0.4, -0.2) is 39.0 Å². The number of hydrogen-bond acceptors (Lipinski definition) is 3. The Balaban J connectivity index is 2.34. The summed E-state index contributed by atoms with van der Waals surface area (Å²) in [6, 6.07) is 2.21. The summed E-state index contributed by atoms with van der Waals surface area (Å²) in [6.07, 6.45) is 2.64. The molecule has 1 saturated heterocycles. The summed E-state index contributed by atoms with van der Waals surface area (Å²) < 4.78 is 1.30. The van der Waals surface area contributed by atoms with Crippen molar-refractivity contribution in [3.05, 3.63) is 34.2 Å². The van der Waals surface area contributed by atoms with Gasteiger partial charge < -0.3 is 14.6 Å². The average molecular weight is 250 g/mol. The molecule has 96 valence electrons. The van der Waals surface area contributed by atoms with Crippen LogP contribution in [0, 0.1) is 0 Å². The van der Waals surface area contributed by atoms with Crippen molar-refractivity contribution in [1.82, 2.24) is 9.47 Å². The maximum absolute atomic E-state index is 12.2. The van der Waals surface area contributed by atoms with E-state index in [1.165, 1.54) is 15.5 Å².